The fourth-order valence-electron chi connectivity index (χ4n) is 2.96. The van der Waals surface area contributed by atoms with E-state index in [9.17, 15) is 18.0 Å². The second-order valence-corrected chi connectivity index (χ2v) is 9.42. The van der Waals surface area contributed by atoms with Crippen LogP contribution in [0.3, 0.4) is 0 Å². The summed E-state index contributed by atoms with van der Waals surface area (Å²) in [5, 5.41) is 2.79. The van der Waals surface area contributed by atoms with Gasteiger partial charge >= 0.3 is 5.97 Å². The number of methoxy groups -OCH3 is 1. The maximum absolute atomic E-state index is 12.9. The van der Waals surface area contributed by atoms with Gasteiger partial charge in [-0.15, -0.1) is 0 Å². The minimum atomic E-state index is -3.79. The van der Waals surface area contributed by atoms with E-state index in [0.29, 0.717) is 18.9 Å². The summed E-state index contributed by atoms with van der Waals surface area (Å²) in [6.07, 6.45) is 0. The molecule has 1 aromatic heterocycles. The van der Waals surface area contributed by atoms with Crippen molar-refractivity contribution in [3.05, 3.63) is 34.3 Å². The van der Waals surface area contributed by atoms with Crippen LogP contribution in [0.2, 0.25) is 0 Å². The van der Waals surface area contributed by atoms with Crippen LogP contribution in [0.15, 0.2) is 23.1 Å². The zero-order valence-electron chi connectivity index (χ0n) is 17.3. The quantitative estimate of drug-likeness (QED) is 0.610. The molecule has 1 fully saturated rings. The number of carbonyl (C=O) groups excluding carboxylic acids is 2. The lowest BCUT2D eigenvalue weighted by molar-refractivity contribution is 0.0531. The van der Waals surface area contributed by atoms with Gasteiger partial charge in [-0.25, -0.2) is 18.2 Å². The molecule has 2 aromatic rings. The molecule has 168 valence electrons. The van der Waals surface area contributed by atoms with E-state index in [2.05, 4.69) is 10.3 Å². The Morgan fingerprint density at radius 1 is 1.29 bits per heavy atom. The standard InChI is InChI=1S/C19H23N3O7S2/c1-4-29-18(24)16-12(2)20-19(30-16)21-17(23)14-11-13(5-6-15(14)27-3)31(25,26)22-7-9-28-10-8-22/h5-6,11H,4,7-10H2,1-3H3,(H,20,21,23). The molecule has 1 amide bonds. The number of anilines is 1. The van der Waals surface area contributed by atoms with Gasteiger partial charge in [0.1, 0.15) is 10.6 Å². The van der Waals surface area contributed by atoms with Crippen molar-refractivity contribution in [1.82, 2.24) is 9.29 Å². The second-order valence-electron chi connectivity index (χ2n) is 6.49. The van der Waals surface area contributed by atoms with Gasteiger partial charge in [0.25, 0.3) is 5.91 Å². The number of hydrogen-bond donors (Lipinski definition) is 1. The zero-order valence-corrected chi connectivity index (χ0v) is 19.0. The van der Waals surface area contributed by atoms with E-state index in [1.54, 1.807) is 13.8 Å². The predicted molar refractivity (Wildman–Crippen MR) is 113 cm³/mol. The van der Waals surface area contributed by atoms with Crippen molar-refractivity contribution in [3.63, 3.8) is 0 Å². The lowest BCUT2D eigenvalue weighted by Gasteiger charge is -2.26. The molecule has 2 heterocycles. The Labute approximate surface area is 184 Å². The number of carbonyl (C=O) groups is 2. The molecule has 0 atom stereocenters. The molecule has 0 bridgehead atoms. The van der Waals surface area contributed by atoms with Crippen LogP contribution >= 0.6 is 11.3 Å². The Bertz CT molecular complexity index is 1080. The summed E-state index contributed by atoms with van der Waals surface area (Å²) in [6, 6.07) is 4.10. The number of hydrogen-bond acceptors (Lipinski definition) is 9. The summed E-state index contributed by atoms with van der Waals surface area (Å²) in [6.45, 7) is 4.66. The number of nitrogens with zero attached hydrogens (tertiary/aromatic N) is 2. The van der Waals surface area contributed by atoms with Crippen molar-refractivity contribution in [2.45, 2.75) is 18.7 Å². The fourth-order valence-corrected chi connectivity index (χ4v) is 5.25. The summed E-state index contributed by atoms with van der Waals surface area (Å²) < 4.78 is 42.6. The zero-order chi connectivity index (χ0) is 22.6. The number of amides is 1. The average Bonchev–Trinajstić information content (AvgIpc) is 3.14. The van der Waals surface area contributed by atoms with Gasteiger partial charge in [0.2, 0.25) is 10.0 Å². The normalized spacial score (nSPS) is 14.8. The maximum Gasteiger partial charge on any atom is 0.350 e. The molecule has 10 nitrogen and oxygen atoms in total. The highest BCUT2D eigenvalue weighted by molar-refractivity contribution is 7.89. The number of aryl methyl sites for hydroxylation is 1. The molecule has 0 radical (unpaired) electrons. The Hall–Kier alpha value is -2.54. The first kappa shape index (κ1) is 23.1. The monoisotopic (exact) mass is 469 g/mol. The summed E-state index contributed by atoms with van der Waals surface area (Å²) in [5.41, 5.74) is 0.455. The summed E-state index contributed by atoms with van der Waals surface area (Å²) in [7, 11) is -2.41. The molecular weight excluding hydrogens is 446 g/mol. The highest BCUT2D eigenvalue weighted by Gasteiger charge is 2.28. The van der Waals surface area contributed by atoms with Crippen LogP contribution < -0.4 is 10.1 Å². The van der Waals surface area contributed by atoms with Crippen LogP contribution in [-0.4, -0.2) is 69.6 Å². The summed E-state index contributed by atoms with van der Waals surface area (Å²) in [4.78, 5) is 29.3. The number of thiazole rings is 1. The molecule has 0 spiro atoms. The van der Waals surface area contributed by atoms with Gasteiger partial charge < -0.3 is 14.2 Å². The van der Waals surface area contributed by atoms with Crippen molar-refractivity contribution in [2.75, 3.05) is 45.3 Å². The molecule has 12 heteroatoms. The Morgan fingerprint density at radius 2 is 2.00 bits per heavy atom. The van der Waals surface area contributed by atoms with E-state index in [1.165, 1.54) is 29.6 Å². The van der Waals surface area contributed by atoms with Gasteiger partial charge in [-0.3, -0.25) is 10.1 Å². The van der Waals surface area contributed by atoms with E-state index < -0.39 is 21.9 Å². The van der Waals surface area contributed by atoms with Crippen LogP contribution in [0.1, 0.15) is 32.6 Å². The molecule has 0 aliphatic carbocycles. The first-order valence-corrected chi connectivity index (χ1v) is 11.8. The molecule has 1 N–H and O–H groups in total. The van der Waals surface area contributed by atoms with Crippen molar-refractivity contribution in [3.8, 4) is 5.75 Å². The van der Waals surface area contributed by atoms with E-state index in [0.717, 1.165) is 11.3 Å². The molecule has 0 unspecified atom stereocenters. The number of rotatable bonds is 7. The SMILES string of the molecule is CCOC(=O)c1sc(NC(=O)c2cc(S(=O)(=O)N3CCOCC3)ccc2OC)nc1C. The Kier molecular flexibility index (Phi) is 7.26. The minimum absolute atomic E-state index is 0.0251. The highest BCUT2D eigenvalue weighted by Crippen LogP contribution is 2.28. The van der Waals surface area contributed by atoms with Crippen LogP contribution in [0.4, 0.5) is 5.13 Å². The molecule has 1 saturated heterocycles. The van der Waals surface area contributed by atoms with Crippen LogP contribution in [0, 0.1) is 6.92 Å². The minimum Gasteiger partial charge on any atom is -0.496 e. The molecule has 1 aromatic carbocycles. The highest BCUT2D eigenvalue weighted by atomic mass is 32.2. The smallest absolute Gasteiger partial charge is 0.350 e. The average molecular weight is 470 g/mol. The van der Waals surface area contributed by atoms with Gasteiger partial charge in [0.05, 0.1) is 43.1 Å². The van der Waals surface area contributed by atoms with Gasteiger partial charge in [-0.2, -0.15) is 4.31 Å². The van der Waals surface area contributed by atoms with Crippen molar-refractivity contribution < 1.29 is 32.2 Å². The molecule has 3 rings (SSSR count). The predicted octanol–water partition coefficient (Wildman–Crippen LogP) is 1.91. The van der Waals surface area contributed by atoms with Crippen LogP contribution in [0.25, 0.3) is 0 Å². The topological polar surface area (TPSA) is 124 Å². The molecule has 0 saturated carbocycles. The van der Waals surface area contributed by atoms with Crippen LogP contribution in [-0.2, 0) is 19.5 Å². The van der Waals surface area contributed by atoms with E-state index in [1.807, 2.05) is 0 Å². The van der Waals surface area contributed by atoms with Crippen molar-refractivity contribution >= 4 is 38.4 Å². The first-order valence-electron chi connectivity index (χ1n) is 9.49. The van der Waals surface area contributed by atoms with E-state index >= 15 is 0 Å². The lowest BCUT2D eigenvalue weighted by atomic mass is 10.2. The third-order valence-electron chi connectivity index (χ3n) is 4.50. The summed E-state index contributed by atoms with van der Waals surface area (Å²) >= 11 is 0.978. The number of morpholine rings is 1. The third kappa shape index (κ3) is 5.03. The van der Waals surface area contributed by atoms with E-state index in [4.69, 9.17) is 14.2 Å². The number of aromatic nitrogens is 1. The van der Waals surface area contributed by atoms with Gasteiger partial charge in [0.15, 0.2) is 5.13 Å². The fraction of sp³-hybridized carbons (Fsp3) is 0.421. The number of benzene rings is 1. The van der Waals surface area contributed by atoms with Gasteiger partial charge in [0, 0.05) is 13.1 Å². The number of ether oxygens (including phenoxy) is 3. The maximum atomic E-state index is 12.9. The lowest BCUT2D eigenvalue weighted by Crippen LogP contribution is -2.40. The van der Waals surface area contributed by atoms with Gasteiger partial charge in [-0.1, -0.05) is 11.3 Å². The summed E-state index contributed by atoms with van der Waals surface area (Å²) in [5.74, 6) is -0.925. The van der Waals surface area contributed by atoms with E-state index in [-0.39, 0.29) is 45.9 Å². The van der Waals surface area contributed by atoms with Crippen LogP contribution in [0.5, 0.6) is 5.75 Å². The first-order chi connectivity index (χ1) is 14.8. The van der Waals surface area contributed by atoms with Gasteiger partial charge in [-0.05, 0) is 32.0 Å². The number of nitrogens with one attached hydrogen (secondary N) is 1. The molecular formula is C19H23N3O7S2. The Morgan fingerprint density at radius 3 is 2.65 bits per heavy atom. The Balaban J connectivity index is 1.88. The second kappa shape index (κ2) is 9.73. The molecule has 1 aliphatic rings. The number of sulfonamides is 1. The largest absolute Gasteiger partial charge is 0.496 e. The number of esters is 1. The van der Waals surface area contributed by atoms with Crippen molar-refractivity contribution in [1.29, 1.82) is 0 Å². The molecule has 31 heavy (non-hydrogen) atoms. The third-order valence-corrected chi connectivity index (χ3v) is 7.45. The molecule has 1 aliphatic heterocycles. The van der Waals surface area contributed by atoms with Crippen molar-refractivity contribution in [2.24, 2.45) is 0 Å².